The molecule has 0 radical (unpaired) electrons. The van der Waals surface area contributed by atoms with Gasteiger partial charge in [-0.05, 0) is 25.0 Å². The molecule has 6 nitrogen and oxygen atoms in total. The molecule has 8 heteroatoms. The summed E-state index contributed by atoms with van der Waals surface area (Å²) in [6.07, 6.45) is 7.08. The quantitative estimate of drug-likeness (QED) is 0.425. The molecule has 154 valence electrons. The lowest BCUT2D eigenvalue weighted by Crippen LogP contribution is -2.37. The summed E-state index contributed by atoms with van der Waals surface area (Å²) in [5.74, 6) is -0.199. The minimum Gasteiger partial charge on any atom is -0.459 e. The van der Waals surface area contributed by atoms with E-state index in [4.69, 9.17) is 9.72 Å². The number of carbonyl (C=O) groups excluding carboxylic acids is 1. The number of carbonyl (C=O) groups is 1. The van der Waals surface area contributed by atoms with Crippen LogP contribution < -0.4 is 5.56 Å². The van der Waals surface area contributed by atoms with Crippen molar-refractivity contribution in [2.75, 3.05) is 0 Å². The van der Waals surface area contributed by atoms with E-state index in [1.165, 1.54) is 21.8 Å². The van der Waals surface area contributed by atoms with Crippen molar-refractivity contribution in [1.29, 1.82) is 0 Å². The van der Waals surface area contributed by atoms with Crippen LogP contribution in [-0.4, -0.2) is 20.3 Å². The Kier molecular flexibility index (Phi) is 5.12. The molecule has 1 saturated carbocycles. The van der Waals surface area contributed by atoms with Crippen LogP contribution in [0.5, 0.6) is 0 Å². The second-order valence-electron chi connectivity index (χ2n) is 7.81. The van der Waals surface area contributed by atoms with Gasteiger partial charge in [0.25, 0.3) is 5.56 Å². The van der Waals surface area contributed by atoms with Crippen LogP contribution in [0.3, 0.4) is 0 Å². The van der Waals surface area contributed by atoms with Gasteiger partial charge >= 0.3 is 5.97 Å². The third-order valence-electron chi connectivity index (χ3n) is 5.78. The van der Waals surface area contributed by atoms with E-state index in [2.05, 4.69) is 11.1 Å². The molecule has 3 heterocycles. The Bertz CT molecular complexity index is 1230. The summed E-state index contributed by atoms with van der Waals surface area (Å²) < 4.78 is 8.36. The van der Waals surface area contributed by atoms with Gasteiger partial charge in [-0.25, -0.2) is 9.97 Å². The first kappa shape index (κ1) is 19.4. The summed E-state index contributed by atoms with van der Waals surface area (Å²) in [6, 6.07) is 9.50. The first-order chi connectivity index (χ1) is 14.6. The van der Waals surface area contributed by atoms with Crippen molar-refractivity contribution in [3.8, 4) is 0 Å². The van der Waals surface area contributed by atoms with Gasteiger partial charge in [-0.3, -0.25) is 14.0 Å². The molecule has 0 aliphatic heterocycles. The molecule has 0 saturated heterocycles. The SMILES string of the molecule is O=C(OCc1cc(=O)n2ccsc2n1)C1(Cc2nc3ccccc3s2)CCCCC1. The fraction of sp³-hybridized carbons (Fsp3) is 0.364. The molecule has 1 aliphatic carbocycles. The molecule has 0 spiro atoms. The zero-order valence-corrected chi connectivity index (χ0v) is 18.0. The van der Waals surface area contributed by atoms with Gasteiger partial charge in [0.05, 0.1) is 26.3 Å². The number of benzene rings is 1. The number of fused-ring (bicyclic) bond motifs is 2. The average Bonchev–Trinajstić information content (AvgIpc) is 3.39. The molecule has 0 unspecified atom stereocenters. The molecule has 4 aromatic rings. The average molecular weight is 440 g/mol. The van der Waals surface area contributed by atoms with Gasteiger partial charge in [-0.2, -0.15) is 0 Å². The Labute approximate surface area is 181 Å². The lowest BCUT2D eigenvalue weighted by atomic mass is 9.72. The van der Waals surface area contributed by atoms with Crippen LogP contribution in [0.25, 0.3) is 15.2 Å². The standard InChI is InChI=1S/C22H21N3O3S2/c26-19-12-15(23-21-25(19)10-11-29-21)14-28-20(27)22(8-4-1-5-9-22)13-18-24-16-6-2-3-7-17(16)30-18/h2-3,6-7,10-12H,1,4-5,8-9,13-14H2. The summed E-state index contributed by atoms with van der Waals surface area (Å²) in [6.45, 7) is 0.0179. The van der Waals surface area contributed by atoms with Crippen molar-refractivity contribution in [2.24, 2.45) is 5.41 Å². The van der Waals surface area contributed by atoms with E-state index in [9.17, 15) is 9.59 Å². The predicted octanol–water partition coefficient (Wildman–Crippen LogP) is 4.60. The summed E-state index contributed by atoms with van der Waals surface area (Å²) in [5, 5.41) is 2.79. The number of esters is 1. The predicted molar refractivity (Wildman–Crippen MR) is 118 cm³/mol. The summed E-state index contributed by atoms with van der Waals surface area (Å²) in [4.78, 5) is 35.2. The Morgan fingerprint density at radius 3 is 2.83 bits per heavy atom. The highest BCUT2D eigenvalue weighted by molar-refractivity contribution is 7.18. The minimum absolute atomic E-state index is 0.0179. The van der Waals surface area contributed by atoms with Crippen LogP contribution in [0.4, 0.5) is 0 Å². The Hall–Kier alpha value is -2.58. The fourth-order valence-corrected chi connectivity index (χ4v) is 6.07. The van der Waals surface area contributed by atoms with Crippen molar-refractivity contribution < 1.29 is 9.53 Å². The van der Waals surface area contributed by atoms with Gasteiger partial charge in [0, 0.05) is 24.1 Å². The maximum absolute atomic E-state index is 13.3. The molecule has 30 heavy (non-hydrogen) atoms. The lowest BCUT2D eigenvalue weighted by Gasteiger charge is -2.34. The second kappa shape index (κ2) is 7.92. The summed E-state index contributed by atoms with van der Waals surface area (Å²) in [5.41, 5.74) is 0.760. The van der Waals surface area contributed by atoms with Gasteiger partial charge < -0.3 is 4.74 Å². The van der Waals surface area contributed by atoms with Gasteiger partial charge in [-0.15, -0.1) is 22.7 Å². The van der Waals surface area contributed by atoms with Crippen molar-refractivity contribution in [3.05, 3.63) is 63.0 Å². The maximum atomic E-state index is 13.3. The Balaban J connectivity index is 1.37. The lowest BCUT2D eigenvalue weighted by molar-refractivity contribution is -0.159. The molecular weight excluding hydrogens is 418 g/mol. The summed E-state index contributed by atoms with van der Waals surface area (Å²) >= 11 is 3.04. The highest BCUT2D eigenvalue weighted by Crippen LogP contribution is 2.41. The first-order valence-electron chi connectivity index (χ1n) is 10.1. The van der Waals surface area contributed by atoms with Crippen LogP contribution in [0, 0.1) is 5.41 Å². The second-order valence-corrected chi connectivity index (χ2v) is 9.80. The molecule has 1 aliphatic rings. The van der Waals surface area contributed by atoms with E-state index >= 15 is 0 Å². The molecule has 5 rings (SSSR count). The van der Waals surface area contributed by atoms with E-state index in [0.717, 1.165) is 47.3 Å². The van der Waals surface area contributed by atoms with E-state index in [-0.39, 0.29) is 18.1 Å². The third kappa shape index (κ3) is 3.65. The highest BCUT2D eigenvalue weighted by atomic mass is 32.1. The fourth-order valence-electron chi connectivity index (χ4n) is 4.22. The number of hydrogen-bond acceptors (Lipinski definition) is 7. The van der Waals surface area contributed by atoms with Gasteiger partial charge in [0.2, 0.25) is 0 Å². The Morgan fingerprint density at radius 1 is 1.17 bits per heavy atom. The molecule has 1 aromatic carbocycles. The zero-order valence-electron chi connectivity index (χ0n) is 16.4. The van der Waals surface area contributed by atoms with Crippen molar-refractivity contribution in [2.45, 2.75) is 45.1 Å². The van der Waals surface area contributed by atoms with Crippen molar-refractivity contribution in [1.82, 2.24) is 14.4 Å². The zero-order chi connectivity index (χ0) is 20.6. The first-order valence-corrected chi connectivity index (χ1v) is 11.8. The van der Waals surface area contributed by atoms with Crippen LogP contribution in [0.2, 0.25) is 0 Å². The number of rotatable bonds is 5. The van der Waals surface area contributed by atoms with Crippen LogP contribution in [0.15, 0.2) is 46.7 Å². The Morgan fingerprint density at radius 2 is 2.00 bits per heavy atom. The normalized spacial score (nSPS) is 16.1. The number of hydrogen-bond donors (Lipinski definition) is 0. The van der Waals surface area contributed by atoms with Crippen LogP contribution in [-0.2, 0) is 22.6 Å². The van der Waals surface area contributed by atoms with Crippen LogP contribution in [0.1, 0.15) is 42.8 Å². The minimum atomic E-state index is -0.547. The van der Waals surface area contributed by atoms with E-state index in [0.29, 0.717) is 17.1 Å². The van der Waals surface area contributed by atoms with Crippen molar-refractivity contribution in [3.63, 3.8) is 0 Å². The molecule has 0 bridgehead atoms. The number of ether oxygens (including phenoxy) is 1. The van der Waals surface area contributed by atoms with E-state index < -0.39 is 5.41 Å². The van der Waals surface area contributed by atoms with E-state index in [1.54, 1.807) is 17.5 Å². The molecular formula is C22H21N3O3S2. The summed E-state index contributed by atoms with van der Waals surface area (Å²) in [7, 11) is 0. The highest BCUT2D eigenvalue weighted by Gasteiger charge is 2.42. The molecule has 1 fully saturated rings. The topological polar surface area (TPSA) is 73.6 Å². The largest absolute Gasteiger partial charge is 0.459 e. The number of para-hydroxylation sites is 1. The number of aromatic nitrogens is 3. The van der Waals surface area contributed by atoms with Gasteiger partial charge in [-0.1, -0.05) is 31.4 Å². The smallest absolute Gasteiger partial charge is 0.312 e. The molecule has 0 atom stereocenters. The van der Waals surface area contributed by atoms with Gasteiger partial charge in [0.1, 0.15) is 6.61 Å². The molecule has 0 amide bonds. The monoisotopic (exact) mass is 439 g/mol. The van der Waals surface area contributed by atoms with Gasteiger partial charge in [0.15, 0.2) is 4.96 Å². The molecule has 0 N–H and O–H groups in total. The maximum Gasteiger partial charge on any atom is 0.312 e. The molecule has 3 aromatic heterocycles. The number of nitrogens with zero attached hydrogens (tertiary/aromatic N) is 3. The van der Waals surface area contributed by atoms with Crippen LogP contribution >= 0.6 is 22.7 Å². The number of thiazole rings is 2. The van der Waals surface area contributed by atoms with E-state index in [1.807, 2.05) is 23.6 Å². The van der Waals surface area contributed by atoms with Crippen molar-refractivity contribution >= 4 is 43.8 Å². The third-order valence-corrected chi connectivity index (χ3v) is 7.57.